The lowest BCUT2D eigenvalue weighted by molar-refractivity contribution is 1.54. The molecule has 0 aliphatic carbocycles. The Labute approximate surface area is 193 Å². The maximum atomic E-state index is 3.57. The molecule has 3 heterocycles. The van der Waals surface area contributed by atoms with E-state index in [1.165, 1.54) is 64.5 Å². The number of hydrogen-bond acceptors (Lipinski definition) is 2. The number of thioether (sulfide) groups is 2. The van der Waals surface area contributed by atoms with E-state index < -0.39 is 0 Å². The van der Waals surface area contributed by atoms with Gasteiger partial charge < -0.3 is 9.97 Å². The molecule has 0 saturated carbocycles. The normalized spacial score (nSPS) is 14.4. The van der Waals surface area contributed by atoms with Crippen molar-refractivity contribution in [3.05, 3.63) is 107 Å². The molecule has 0 saturated heterocycles. The largest absolute Gasteiger partial charge is 0.354 e. The van der Waals surface area contributed by atoms with Crippen LogP contribution in [-0.4, -0.2) is 9.97 Å². The summed E-state index contributed by atoms with van der Waals surface area (Å²) in [5.74, 6) is 0. The van der Waals surface area contributed by atoms with Crippen LogP contribution in [-0.2, 0) is 0 Å². The highest BCUT2D eigenvalue weighted by Gasteiger charge is 2.15. The first kappa shape index (κ1) is 18.3. The molecular formula is C28H18N2S2. The number of benzene rings is 4. The molecule has 152 valence electrons. The van der Waals surface area contributed by atoms with Crippen LogP contribution >= 0.6 is 23.5 Å². The third-order valence-corrected chi connectivity index (χ3v) is 8.34. The second-order valence-electron chi connectivity index (χ2n) is 8.06. The fraction of sp³-hybridized carbons (Fsp3) is 0. The average molecular weight is 447 g/mol. The van der Waals surface area contributed by atoms with Crippen molar-refractivity contribution in [2.45, 2.75) is 0 Å². The molecule has 4 aromatic carbocycles. The lowest BCUT2D eigenvalue weighted by Crippen LogP contribution is -1.87. The van der Waals surface area contributed by atoms with Crippen molar-refractivity contribution in [3.63, 3.8) is 0 Å². The number of H-pyrrole nitrogens is 2. The van der Waals surface area contributed by atoms with Crippen LogP contribution in [0.2, 0.25) is 0 Å². The van der Waals surface area contributed by atoms with Crippen molar-refractivity contribution >= 4 is 76.9 Å². The molecule has 1 aliphatic rings. The first-order chi connectivity index (χ1) is 15.8. The number of nitrogens with one attached hydrogen (secondary N) is 2. The van der Waals surface area contributed by atoms with Gasteiger partial charge in [-0.25, -0.2) is 0 Å². The van der Waals surface area contributed by atoms with Gasteiger partial charge in [0.2, 0.25) is 0 Å². The second-order valence-corrected chi connectivity index (χ2v) is 9.89. The number of aromatic amines is 2. The number of para-hydroxylation sites is 2. The van der Waals surface area contributed by atoms with Crippen molar-refractivity contribution in [1.82, 2.24) is 9.97 Å². The molecule has 0 unspecified atom stereocenters. The van der Waals surface area contributed by atoms with Gasteiger partial charge in [-0.3, -0.25) is 0 Å². The van der Waals surface area contributed by atoms with E-state index in [4.69, 9.17) is 0 Å². The monoisotopic (exact) mass is 446 g/mol. The molecule has 32 heavy (non-hydrogen) atoms. The summed E-state index contributed by atoms with van der Waals surface area (Å²) in [6.07, 6.45) is 0. The first-order valence-corrected chi connectivity index (χ1v) is 12.3. The summed E-state index contributed by atoms with van der Waals surface area (Å²) in [6.45, 7) is 0. The predicted molar refractivity (Wildman–Crippen MR) is 143 cm³/mol. The SMILES string of the molecule is C1=C(c2ccc3c(c2)[nH]c2ccccc23)SC(c2ccc3c(c2)[nH]c2ccccc23)=CS1. The molecule has 2 N–H and O–H groups in total. The minimum Gasteiger partial charge on any atom is -0.354 e. The number of rotatable bonds is 2. The Hall–Kier alpha value is -3.34. The van der Waals surface area contributed by atoms with E-state index in [-0.39, 0.29) is 0 Å². The summed E-state index contributed by atoms with van der Waals surface area (Å²) in [4.78, 5) is 9.71. The first-order valence-electron chi connectivity index (χ1n) is 10.6. The molecule has 0 spiro atoms. The summed E-state index contributed by atoms with van der Waals surface area (Å²) >= 11 is 3.60. The van der Waals surface area contributed by atoms with Crippen molar-refractivity contribution in [2.75, 3.05) is 0 Å². The van der Waals surface area contributed by atoms with E-state index in [1.54, 1.807) is 11.8 Å². The van der Waals surface area contributed by atoms with E-state index in [9.17, 15) is 0 Å². The van der Waals surface area contributed by atoms with Crippen molar-refractivity contribution in [2.24, 2.45) is 0 Å². The van der Waals surface area contributed by atoms with Crippen molar-refractivity contribution in [1.29, 1.82) is 0 Å². The molecule has 6 aromatic rings. The van der Waals surface area contributed by atoms with Crippen molar-refractivity contribution < 1.29 is 0 Å². The van der Waals surface area contributed by atoms with Crippen LogP contribution in [0.4, 0.5) is 0 Å². The minimum absolute atomic E-state index is 1.19. The Morgan fingerprint density at radius 1 is 0.469 bits per heavy atom. The Bertz CT molecular complexity index is 1610. The molecule has 2 nitrogen and oxygen atoms in total. The van der Waals surface area contributed by atoms with Gasteiger partial charge >= 0.3 is 0 Å². The molecule has 2 aromatic heterocycles. The number of aromatic nitrogens is 2. The highest BCUT2D eigenvalue weighted by atomic mass is 32.2. The number of hydrogen-bond donors (Lipinski definition) is 2. The van der Waals surface area contributed by atoms with Gasteiger partial charge in [-0.1, -0.05) is 72.4 Å². The number of fused-ring (bicyclic) bond motifs is 6. The van der Waals surface area contributed by atoms with Crippen LogP contribution < -0.4 is 0 Å². The summed E-state index contributed by atoms with van der Waals surface area (Å²) in [5, 5.41) is 9.61. The molecule has 0 atom stereocenters. The summed E-state index contributed by atoms with van der Waals surface area (Å²) in [7, 11) is 0. The molecule has 0 bridgehead atoms. The molecular weight excluding hydrogens is 428 g/mol. The van der Waals surface area contributed by atoms with E-state index in [2.05, 4.69) is 106 Å². The smallest absolute Gasteiger partial charge is 0.0471 e. The Kier molecular flexibility index (Phi) is 4.04. The van der Waals surface area contributed by atoms with Crippen LogP contribution in [0.5, 0.6) is 0 Å². The van der Waals surface area contributed by atoms with Crippen LogP contribution in [0.15, 0.2) is 95.7 Å². The highest BCUT2D eigenvalue weighted by molar-refractivity contribution is 8.20. The van der Waals surface area contributed by atoms with Gasteiger partial charge in [0.1, 0.15) is 0 Å². The van der Waals surface area contributed by atoms with Crippen LogP contribution in [0.3, 0.4) is 0 Å². The standard InChI is InChI=1S/C28H18N2S2/c1-3-7-23-19(5-1)21-11-9-17(13-25(21)29-23)27-15-31-16-28(32-27)18-10-12-22-20-6-2-4-8-24(20)30-26(22)14-18/h1-16,29-30H. The van der Waals surface area contributed by atoms with Gasteiger partial charge in [0, 0.05) is 53.4 Å². The highest BCUT2D eigenvalue weighted by Crippen LogP contribution is 2.46. The third kappa shape index (κ3) is 2.84. The zero-order valence-corrected chi connectivity index (χ0v) is 18.7. The third-order valence-electron chi connectivity index (χ3n) is 6.15. The topological polar surface area (TPSA) is 31.6 Å². The van der Waals surface area contributed by atoms with Gasteiger partial charge in [0.15, 0.2) is 0 Å². The second kappa shape index (κ2) is 7.09. The lowest BCUT2D eigenvalue weighted by atomic mass is 10.1. The maximum Gasteiger partial charge on any atom is 0.0471 e. The predicted octanol–water partition coefficient (Wildman–Crippen LogP) is 8.73. The van der Waals surface area contributed by atoms with E-state index >= 15 is 0 Å². The van der Waals surface area contributed by atoms with Crippen LogP contribution in [0, 0.1) is 0 Å². The maximum absolute atomic E-state index is 3.57. The van der Waals surface area contributed by atoms with Crippen molar-refractivity contribution in [3.8, 4) is 0 Å². The molecule has 0 amide bonds. The van der Waals surface area contributed by atoms with E-state index in [1.807, 2.05) is 11.8 Å². The fourth-order valence-corrected chi connectivity index (χ4v) is 6.63. The van der Waals surface area contributed by atoms with Crippen LogP contribution in [0.25, 0.3) is 53.4 Å². The molecule has 0 radical (unpaired) electrons. The van der Waals surface area contributed by atoms with Gasteiger partial charge in [0.05, 0.1) is 0 Å². The molecule has 1 aliphatic heterocycles. The van der Waals surface area contributed by atoms with Gasteiger partial charge in [-0.2, -0.15) is 0 Å². The molecule has 4 heteroatoms. The zero-order chi connectivity index (χ0) is 21.1. The van der Waals surface area contributed by atoms with Gasteiger partial charge in [-0.15, -0.1) is 11.8 Å². The Morgan fingerprint density at radius 3 is 1.47 bits per heavy atom. The van der Waals surface area contributed by atoms with Gasteiger partial charge in [0.25, 0.3) is 0 Å². The molecule has 0 fully saturated rings. The fourth-order valence-electron chi connectivity index (χ4n) is 4.59. The van der Waals surface area contributed by atoms with E-state index in [0.29, 0.717) is 0 Å². The lowest BCUT2D eigenvalue weighted by Gasteiger charge is -2.15. The Balaban J connectivity index is 1.24. The minimum atomic E-state index is 1.19. The quantitative estimate of drug-likeness (QED) is 0.279. The zero-order valence-electron chi connectivity index (χ0n) is 17.1. The van der Waals surface area contributed by atoms with Crippen LogP contribution in [0.1, 0.15) is 11.1 Å². The van der Waals surface area contributed by atoms with Gasteiger partial charge in [-0.05, 0) is 46.2 Å². The summed E-state index contributed by atoms with van der Waals surface area (Å²) in [6, 6.07) is 30.5. The summed E-state index contributed by atoms with van der Waals surface area (Å²) in [5.41, 5.74) is 7.24. The summed E-state index contributed by atoms with van der Waals surface area (Å²) < 4.78 is 0. The Morgan fingerprint density at radius 2 is 0.938 bits per heavy atom. The molecule has 7 rings (SSSR count). The average Bonchev–Trinajstić information content (AvgIpc) is 3.41. The van der Waals surface area contributed by atoms with E-state index in [0.717, 1.165) is 0 Å².